The molecule has 0 radical (unpaired) electrons. The van der Waals surface area contributed by atoms with Gasteiger partial charge in [0.05, 0.1) is 23.8 Å². The lowest BCUT2D eigenvalue weighted by molar-refractivity contribution is -0.158. The Morgan fingerprint density at radius 2 is 1.73 bits per heavy atom. The lowest BCUT2D eigenvalue weighted by Crippen LogP contribution is -2.51. The minimum absolute atomic E-state index is 0.0718. The molecule has 1 aromatic heterocycles. The number of carbonyl (C=O) groups is 3. The van der Waals surface area contributed by atoms with Gasteiger partial charge in [-0.05, 0) is 112 Å². The first-order valence-corrected chi connectivity index (χ1v) is 18.8. The van der Waals surface area contributed by atoms with Gasteiger partial charge < -0.3 is 24.1 Å². The van der Waals surface area contributed by atoms with Crippen molar-refractivity contribution in [3.63, 3.8) is 0 Å². The van der Waals surface area contributed by atoms with Gasteiger partial charge in [-0.15, -0.1) is 0 Å². The van der Waals surface area contributed by atoms with Crippen molar-refractivity contribution in [1.29, 1.82) is 0 Å². The highest BCUT2D eigenvalue weighted by Crippen LogP contribution is 2.67. The number of nitrogens with one attached hydrogen (secondary N) is 1. The summed E-state index contributed by atoms with van der Waals surface area (Å²) < 4.78 is 19.4. The maximum absolute atomic E-state index is 13.6. The van der Waals surface area contributed by atoms with Crippen molar-refractivity contribution in [1.82, 2.24) is 14.9 Å². The van der Waals surface area contributed by atoms with Gasteiger partial charge >= 0.3 is 18.0 Å². The van der Waals surface area contributed by atoms with Crippen molar-refractivity contribution in [2.75, 3.05) is 0 Å². The molecule has 9 heteroatoms. The van der Waals surface area contributed by atoms with Crippen LogP contribution in [0.25, 0.3) is 11.0 Å². The molecule has 0 saturated heterocycles. The standard InChI is InChI=1S/C42H53N3O6/c1-40(2,3)51-39(48)44-34(24-37(46)49-25-27-11-7-6-8-12-27)38(47)50-29-19-21-41(4)28(23-29)15-16-30-31-17-18-36(42(31,5)22-20-32(30)41)45-26-43-33-13-9-10-14-35(33)45/h6-15,26,29-32,34,36H,16-25H2,1-5H3,(H,44,48)/t29-,30?,31?,32?,34?,36?,41-,42-/m0/s1. The summed E-state index contributed by atoms with van der Waals surface area (Å²) in [6, 6.07) is 17.1. The topological polar surface area (TPSA) is 109 Å². The average Bonchev–Trinajstić information content (AvgIpc) is 3.67. The Balaban J connectivity index is 1.01. The number of allylic oxidation sites excluding steroid dienone is 1. The van der Waals surface area contributed by atoms with Crippen molar-refractivity contribution in [3.8, 4) is 0 Å². The number of rotatable bonds is 8. The van der Waals surface area contributed by atoms with E-state index < -0.39 is 29.7 Å². The molecular weight excluding hydrogens is 642 g/mol. The highest BCUT2D eigenvalue weighted by molar-refractivity contribution is 5.86. The maximum atomic E-state index is 13.6. The predicted molar refractivity (Wildman–Crippen MR) is 194 cm³/mol. The van der Waals surface area contributed by atoms with Crippen LogP contribution < -0.4 is 5.32 Å². The van der Waals surface area contributed by atoms with Crippen molar-refractivity contribution in [2.24, 2.45) is 28.6 Å². The molecule has 1 heterocycles. The van der Waals surface area contributed by atoms with E-state index in [2.05, 4.69) is 60.4 Å². The number of nitrogens with zero attached hydrogens (tertiary/aromatic N) is 2. The van der Waals surface area contributed by atoms with E-state index in [4.69, 9.17) is 19.2 Å². The van der Waals surface area contributed by atoms with E-state index in [-0.39, 0.29) is 30.0 Å². The lowest BCUT2D eigenvalue weighted by Gasteiger charge is -2.58. The van der Waals surface area contributed by atoms with E-state index >= 15 is 0 Å². The zero-order valence-electron chi connectivity index (χ0n) is 30.7. The van der Waals surface area contributed by atoms with Crippen LogP contribution in [0.5, 0.6) is 0 Å². The molecule has 9 nitrogen and oxygen atoms in total. The van der Waals surface area contributed by atoms with E-state index in [0.29, 0.717) is 30.2 Å². The third kappa shape index (κ3) is 7.05. The summed E-state index contributed by atoms with van der Waals surface area (Å²) in [5.41, 5.74) is 4.08. The second kappa shape index (κ2) is 13.8. The van der Waals surface area contributed by atoms with Gasteiger partial charge in [-0.3, -0.25) is 4.79 Å². The third-order valence-corrected chi connectivity index (χ3v) is 12.7. The number of fused-ring (bicyclic) bond motifs is 6. The number of imidazole rings is 1. The molecule has 51 heavy (non-hydrogen) atoms. The zero-order valence-corrected chi connectivity index (χ0v) is 30.7. The molecule has 0 aliphatic heterocycles. The van der Waals surface area contributed by atoms with Crippen molar-refractivity contribution in [2.45, 2.75) is 123 Å². The maximum Gasteiger partial charge on any atom is 0.408 e. The number of hydrogen-bond donors (Lipinski definition) is 1. The first kappa shape index (κ1) is 35.3. The van der Waals surface area contributed by atoms with E-state index in [1.165, 1.54) is 36.8 Å². The van der Waals surface area contributed by atoms with Crippen molar-refractivity contribution in [3.05, 3.63) is 78.1 Å². The molecule has 3 aromatic rings. The Morgan fingerprint density at radius 1 is 0.961 bits per heavy atom. The quantitative estimate of drug-likeness (QED) is 0.143. The summed E-state index contributed by atoms with van der Waals surface area (Å²) in [5.74, 6) is 0.660. The summed E-state index contributed by atoms with van der Waals surface area (Å²) in [7, 11) is 0. The van der Waals surface area contributed by atoms with Crippen LogP contribution in [0.4, 0.5) is 4.79 Å². The Bertz CT molecular complexity index is 1790. The van der Waals surface area contributed by atoms with Gasteiger partial charge in [0.15, 0.2) is 0 Å². The number of hydrogen-bond acceptors (Lipinski definition) is 7. The van der Waals surface area contributed by atoms with E-state index in [9.17, 15) is 14.4 Å². The van der Waals surface area contributed by atoms with Gasteiger partial charge in [0.1, 0.15) is 24.4 Å². The van der Waals surface area contributed by atoms with Crippen LogP contribution in [0.15, 0.2) is 72.6 Å². The number of benzene rings is 2. The molecule has 1 amide bonds. The molecule has 5 unspecified atom stereocenters. The number of alkyl carbamates (subject to hydrolysis) is 1. The van der Waals surface area contributed by atoms with Crippen molar-refractivity contribution < 1.29 is 28.6 Å². The Morgan fingerprint density at radius 3 is 2.51 bits per heavy atom. The number of amides is 1. The second-order valence-electron chi connectivity index (χ2n) is 16.9. The molecule has 4 aliphatic carbocycles. The molecule has 2 aromatic carbocycles. The smallest absolute Gasteiger partial charge is 0.408 e. The molecular formula is C42H53N3O6. The van der Waals surface area contributed by atoms with Crippen LogP contribution >= 0.6 is 0 Å². The summed E-state index contributed by atoms with van der Waals surface area (Å²) >= 11 is 0. The number of esters is 2. The van der Waals surface area contributed by atoms with Crippen molar-refractivity contribution >= 4 is 29.1 Å². The largest absolute Gasteiger partial charge is 0.461 e. The Kier molecular flexibility index (Phi) is 9.52. The molecule has 3 saturated carbocycles. The summed E-state index contributed by atoms with van der Waals surface area (Å²) in [4.78, 5) is 44.0. The summed E-state index contributed by atoms with van der Waals surface area (Å²) in [6.45, 7) is 10.3. The number of para-hydroxylation sites is 2. The van der Waals surface area contributed by atoms with Gasteiger partial charge in [0.2, 0.25) is 0 Å². The first-order chi connectivity index (χ1) is 24.3. The van der Waals surface area contributed by atoms with E-state index in [1.807, 2.05) is 30.3 Å². The fourth-order valence-electron chi connectivity index (χ4n) is 10.2. The highest BCUT2D eigenvalue weighted by Gasteiger charge is 2.59. The number of ether oxygens (including phenoxy) is 3. The lowest BCUT2D eigenvalue weighted by atomic mass is 9.48. The fraction of sp³-hybridized carbons (Fsp3) is 0.571. The number of carbonyl (C=O) groups excluding carboxylic acids is 3. The number of aromatic nitrogens is 2. The van der Waals surface area contributed by atoms with Crippen LogP contribution in [0.1, 0.15) is 104 Å². The molecule has 3 fully saturated rings. The third-order valence-electron chi connectivity index (χ3n) is 12.7. The summed E-state index contributed by atoms with van der Waals surface area (Å²) in [6.07, 6.45) is 11.3. The van der Waals surface area contributed by atoms with Crippen LogP contribution in [-0.4, -0.2) is 45.3 Å². The molecule has 8 atom stereocenters. The van der Waals surface area contributed by atoms with Gasteiger partial charge in [0.25, 0.3) is 0 Å². The highest BCUT2D eigenvalue weighted by atomic mass is 16.6. The molecule has 0 bridgehead atoms. The van der Waals surface area contributed by atoms with Crippen LogP contribution in [0.3, 0.4) is 0 Å². The van der Waals surface area contributed by atoms with Gasteiger partial charge in [0, 0.05) is 12.5 Å². The normalized spacial score (nSPS) is 30.6. The van der Waals surface area contributed by atoms with Gasteiger partial charge in [-0.25, -0.2) is 14.6 Å². The second-order valence-corrected chi connectivity index (χ2v) is 16.9. The van der Waals surface area contributed by atoms with E-state index in [0.717, 1.165) is 30.3 Å². The Hall–Kier alpha value is -4.14. The molecule has 0 spiro atoms. The zero-order chi connectivity index (χ0) is 36.0. The molecule has 4 aliphatic rings. The van der Waals surface area contributed by atoms with Gasteiger partial charge in [-0.2, -0.15) is 0 Å². The molecule has 1 N–H and O–H groups in total. The van der Waals surface area contributed by atoms with Crippen LogP contribution in [0.2, 0.25) is 0 Å². The predicted octanol–water partition coefficient (Wildman–Crippen LogP) is 8.48. The van der Waals surface area contributed by atoms with Crippen LogP contribution in [-0.2, 0) is 30.4 Å². The minimum atomic E-state index is -1.22. The van der Waals surface area contributed by atoms with Gasteiger partial charge in [-0.1, -0.05) is 68.0 Å². The van der Waals surface area contributed by atoms with E-state index in [1.54, 1.807) is 20.8 Å². The fourth-order valence-corrected chi connectivity index (χ4v) is 10.2. The summed E-state index contributed by atoms with van der Waals surface area (Å²) in [5, 5.41) is 2.58. The Labute approximate surface area is 301 Å². The molecule has 7 rings (SSSR count). The monoisotopic (exact) mass is 695 g/mol. The first-order valence-electron chi connectivity index (χ1n) is 18.8. The molecule has 272 valence electrons. The minimum Gasteiger partial charge on any atom is -0.461 e. The SMILES string of the molecule is CC(C)(C)OC(=O)NC(CC(=O)OCc1ccccc1)C(=O)O[C@H]1CC[C@@]2(C)C(=CCC3C4CCC(n5cnc6ccccc65)[C@@]4(C)CCC32)C1. The van der Waals surface area contributed by atoms with Crippen LogP contribution in [0, 0.1) is 28.6 Å². The average molecular weight is 696 g/mol.